The number of nitrogens with one attached hydrogen (secondary N) is 1. The summed E-state index contributed by atoms with van der Waals surface area (Å²) in [7, 11) is 2.75. The fourth-order valence-corrected chi connectivity index (χ4v) is 4.56. The van der Waals surface area contributed by atoms with E-state index in [2.05, 4.69) is 5.32 Å². The number of rotatable bonds is 7. The summed E-state index contributed by atoms with van der Waals surface area (Å²) < 4.78 is 10.7. The number of amides is 3. The standard InChI is InChI=1S/C25H27N3O7/c1-27-12-20(24(31)32)28(13-22(27)29)23(30)21(34-2)11-26-25(33)35-14-19-17-9-5-3-7-15(17)16-8-4-6-10-18(16)19/h3-10,19-21H,11-14H2,1-2H3,(H,26,33)(H,31,32). The number of carboxylic acid groups (broad SMARTS) is 1. The van der Waals surface area contributed by atoms with Crippen molar-refractivity contribution in [3.63, 3.8) is 0 Å². The molecule has 184 valence electrons. The predicted octanol–water partition coefficient (Wildman–Crippen LogP) is 1.29. The van der Waals surface area contributed by atoms with Crippen molar-refractivity contribution in [3.05, 3.63) is 59.7 Å². The van der Waals surface area contributed by atoms with Crippen molar-refractivity contribution in [1.29, 1.82) is 0 Å². The molecule has 0 saturated carbocycles. The normalized spacial score (nSPS) is 18.0. The maximum Gasteiger partial charge on any atom is 0.407 e. The first-order valence-electron chi connectivity index (χ1n) is 11.2. The van der Waals surface area contributed by atoms with E-state index in [9.17, 15) is 24.3 Å². The van der Waals surface area contributed by atoms with Crippen molar-refractivity contribution in [1.82, 2.24) is 15.1 Å². The van der Waals surface area contributed by atoms with E-state index in [1.807, 2.05) is 48.5 Å². The third kappa shape index (κ3) is 4.83. The van der Waals surface area contributed by atoms with Crippen molar-refractivity contribution in [3.8, 4) is 11.1 Å². The van der Waals surface area contributed by atoms with Crippen LogP contribution in [-0.4, -0.2) is 91.3 Å². The van der Waals surface area contributed by atoms with Crippen molar-refractivity contribution < 1.29 is 33.8 Å². The molecule has 0 bridgehead atoms. The van der Waals surface area contributed by atoms with Crippen LogP contribution in [0.25, 0.3) is 11.1 Å². The lowest BCUT2D eigenvalue weighted by atomic mass is 9.98. The lowest BCUT2D eigenvalue weighted by molar-refractivity contribution is -0.163. The Balaban J connectivity index is 1.36. The number of likely N-dealkylation sites (N-methyl/N-ethyl adjacent to an activating group) is 1. The number of nitrogens with zero attached hydrogens (tertiary/aromatic N) is 2. The monoisotopic (exact) mass is 481 g/mol. The Hall–Kier alpha value is -3.92. The molecule has 35 heavy (non-hydrogen) atoms. The van der Waals surface area contributed by atoms with Gasteiger partial charge in [0.2, 0.25) is 5.91 Å². The fourth-order valence-electron chi connectivity index (χ4n) is 4.56. The van der Waals surface area contributed by atoms with E-state index < -0.39 is 30.1 Å². The van der Waals surface area contributed by atoms with Crippen LogP contribution in [0, 0.1) is 0 Å². The van der Waals surface area contributed by atoms with Crippen LogP contribution >= 0.6 is 0 Å². The highest BCUT2D eigenvalue weighted by molar-refractivity contribution is 5.93. The van der Waals surface area contributed by atoms with E-state index >= 15 is 0 Å². The molecule has 2 aromatic carbocycles. The van der Waals surface area contributed by atoms with Crippen LogP contribution in [0.5, 0.6) is 0 Å². The molecule has 2 N–H and O–H groups in total. The van der Waals surface area contributed by atoms with Gasteiger partial charge in [-0.25, -0.2) is 9.59 Å². The van der Waals surface area contributed by atoms with Gasteiger partial charge in [-0.1, -0.05) is 48.5 Å². The minimum atomic E-state index is -1.22. The molecule has 4 rings (SSSR count). The first-order valence-corrected chi connectivity index (χ1v) is 11.2. The van der Waals surface area contributed by atoms with Crippen LogP contribution in [0.3, 0.4) is 0 Å². The van der Waals surface area contributed by atoms with Gasteiger partial charge in [-0.05, 0) is 22.3 Å². The molecule has 1 fully saturated rings. The summed E-state index contributed by atoms with van der Waals surface area (Å²) in [6, 6.07) is 14.7. The molecule has 2 unspecified atom stereocenters. The summed E-state index contributed by atoms with van der Waals surface area (Å²) in [5.74, 6) is -2.41. The number of hydrogen-bond acceptors (Lipinski definition) is 6. The number of hydrogen-bond donors (Lipinski definition) is 2. The number of fused-ring (bicyclic) bond motifs is 3. The van der Waals surface area contributed by atoms with Gasteiger partial charge >= 0.3 is 12.1 Å². The molecule has 1 aliphatic heterocycles. The van der Waals surface area contributed by atoms with Gasteiger partial charge in [0.15, 0.2) is 6.10 Å². The van der Waals surface area contributed by atoms with E-state index in [1.54, 1.807) is 0 Å². The molecule has 1 aliphatic carbocycles. The first-order chi connectivity index (χ1) is 16.8. The van der Waals surface area contributed by atoms with E-state index in [1.165, 1.54) is 19.1 Å². The largest absolute Gasteiger partial charge is 0.480 e. The molecule has 0 aromatic heterocycles. The van der Waals surface area contributed by atoms with Crippen molar-refractivity contribution >= 4 is 23.9 Å². The van der Waals surface area contributed by atoms with Gasteiger partial charge in [0, 0.05) is 20.1 Å². The molecule has 3 amide bonds. The van der Waals surface area contributed by atoms with Crippen LogP contribution < -0.4 is 5.32 Å². The predicted molar refractivity (Wildman–Crippen MR) is 125 cm³/mol. The number of ether oxygens (including phenoxy) is 2. The molecule has 2 aliphatic rings. The zero-order valence-electron chi connectivity index (χ0n) is 19.5. The number of carbonyl (C=O) groups is 4. The third-order valence-electron chi connectivity index (χ3n) is 6.46. The lowest BCUT2D eigenvalue weighted by Crippen LogP contribution is -2.62. The number of piperazine rings is 1. The molecular formula is C25H27N3O7. The van der Waals surface area contributed by atoms with Crippen LogP contribution in [-0.2, 0) is 23.9 Å². The van der Waals surface area contributed by atoms with E-state index in [-0.39, 0.29) is 38.1 Å². The van der Waals surface area contributed by atoms with Crippen molar-refractivity contribution in [2.45, 2.75) is 18.1 Å². The van der Waals surface area contributed by atoms with Gasteiger partial charge in [0.05, 0.1) is 13.1 Å². The lowest BCUT2D eigenvalue weighted by Gasteiger charge is -2.38. The molecule has 1 saturated heterocycles. The summed E-state index contributed by atoms with van der Waals surface area (Å²) >= 11 is 0. The molecule has 0 spiro atoms. The Kier molecular flexibility index (Phi) is 7.02. The number of aliphatic carboxylic acids is 1. The Morgan fingerprint density at radius 3 is 2.26 bits per heavy atom. The molecule has 0 radical (unpaired) electrons. The topological polar surface area (TPSA) is 125 Å². The van der Waals surface area contributed by atoms with Crippen LogP contribution in [0.4, 0.5) is 4.79 Å². The maximum absolute atomic E-state index is 12.9. The molecule has 2 aromatic rings. The minimum Gasteiger partial charge on any atom is -0.480 e. The summed E-state index contributed by atoms with van der Waals surface area (Å²) in [4.78, 5) is 51.3. The quantitative estimate of drug-likeness (QED) is 0.611. The van der Waals surface area contributed by atoms with E-state index in [4.69, 9.17) is 9.47 Å². The number of carbonyl (C=O) groups excluding carboxylic acids is 3. The van der Waals surface area contributed by atoms with Gasteiger partial charge in [0.1, 0.15) is 19.2 Å². The highest BCUT2D eigenvalue weighted by atomic mass is 16.5. The summed E-state index contributed by atoms with van der Waals surface area (Å²) in [6.45, 7) is -0.633. The van der Waals surface area contributed by atoms with Gasteiger partial charge < -0.3 is 29.7 Å². The van der Waals surface area contributed by atoms with Crippen molar-refractivity contribution in [2.24, 2.45) is 0 Å². The average Bonchev–Trinajstić information content (AvgIpc) is 3.18. The number of alkyl carbamates (subject to hydrolysis) is 1. The van der Waals surface area contributed by atoms with E-state index in [0.717, 1.165) is 27.2 Å². The molecule has 2 atom stereocenters. The number of methoxy groups -OCH3 is 1. The summed E-state index contributed by atoms with van der Waals surface area (Å²) in [6.07, 6.45) is -1.90. The van der Waals surface area contributed by atoms with Crippen LogP contribution in [0.2, 0.25) is 0 Å². The van der Waals surface area contributed by atoms with Crippen molar-refractivity contribution in [2.75, 3.05) is 40.4 Å². The zero-order valence-corrected chi connectivity index (χ0v) is 19.5. The zero-order chi connectivity index (χ0) is 25.1. The molecule has 1 heterocycles. The highest BCUT2D eigenvalue weighted by Crippen LogP contribution is 2.44. The number of carboxylic acids is 1. The molecular weight excluding hydrogens is 454 g/mol. The first kappa shape index (κ1) is 24.2. The second kappa shape index (κ2) is 10.1. The molecule has 10 nitrogen and oxygen atoms in total. The second-order valence-corrected chi connectivity index (χ2v) is 8.53. The van der Waals surface area contributed by atoms with Gasteiger partial charge in [0.25, 0.3) is 5.91 Å². The van der Waals surface area contributed by atoms with Crippen LogP contribution in [0.15, 0.2) is 48.5 Å². The number of benzene rings is 2. The Morgan fingerprint density at radius 1 is 1.09 bits per heavy atom. The van der Waals surface area contributed by atoms with Gasteiger partial charge in [-0.2, -0.15) is 0 Å². The maximum atomic E-state index is 12.9. The Morgan fingerprint density at radius 2 is 1.69 bits per heavy atom. The highest BCUT2D eigenvalue weighted by Gasteiger charge is 2.40. The van der Waals surface area contributed by atoms with Gasteiger partial charge in [-0.15, -0.1) is 0 Å². The van der Waals surface area contributed by atoms with Crippen LogP contribution in [0.1, 0.15) is 17.0 Å². The van der Waals surface area contributed by atoms with E-state index in [0.29, 0.717) is 0 Å². The Labute approximate surface area is 202 Å². The summed E-state index contributed by atoms with van der Waals surface area (Å²) in [5.41, 5.74) is 4.37. The third-order valence-corrected chi connectivity index (χ3v) is 6.46. The fraction of sp³-hybridized carbons (Fsp3) is 0.360. The molecule has 10 heteroatoms. The smallest absolute Gasteiger partial charge is 0.407 e. The summed E-state index contributed by atoms with van der Waals surface area (Å²) in [5, 5.41) is 12.0. The second-order valence-electron chi connectivity index (χ2n) is 8.53. The minimum absolute atomic E-state index is 0.110. The van der Waals surface area contributed by atoms with Gasteiger partial charge in [-0.3, -0.25) is 9.59 Å². The average molecular weight is 482 g/mol. The Bertz CT molecular complexity index is 1110. The SMILES string of the molecule is COC(CNC(=O)OCC1c2ccccc2-c2ccccc21)C(=O)N1CC(=O)N(C)CC1C(=O)O.